The number of hydrogen-bond acceptors (Lipinski definition) is 5. The van der Waals surface area contributed by atoms with Crippen LogP contribution in [0.1, 0.15) is 23.0 Å². The summed E-state index contributed by atoms with van der Waals surface area (Å²) in [4.78, 5) is 35.2. The summed E-state index contributed by atoms with van der Waals surface area (Å²) in [6, 6.07) is 8.21. The first-order valence-electron chi connectivity index (χ1n) is 7.20. The summed E-state index contributed by atoms with van der Waals surface area (Å²) < 4.78 is 4.97. The van der Waals surface area contributed by atoms with E-state index >= 15 is 0 Å². The molecule has 1 heterocycles. The highest BCUT2D eigenvalue weighted by atomic mass is 35.5. The van der Waals surface area contributed by atoms with E-state index in [2.05, 4.69) is 10.6 Å². The van der Waals surface area contributed by atoms with Gasteiger partial charge in [0.05, 0.1) is 18.3 Å². The summed E-state index contributed by atoms with van der Waals surface area (Å²) in [6.07, 6.45) is 2.70. The second-order valence-corrected chi connectivity index (χ2v) is 5.49. The number of carboxylic acid groups (broad SMARTS) is 1. The zero-order valence-corrected chi connectivity index (χ0v) is 13.9. The highest BCUT2D eigenvalue weighted by Crippen LogP contribution is 2.12. The number of rotatable bonds is 6. The Morgan fingerprint density at radius 2 is 1.88 bits per heavy atom. The number of benzene rings is 1. The quantitative estimate of drug-likeness (QED) is 0.744. The number of nitrogens with one attached hydrogen (secondary N) is 2. The van der Waals surface area contributed by atoms with Crippen LogP contribution in [0.2, 0.25) is 5.02 Å². The molecule has 2 N–H and O–H groups in total. The Balaban J connectivity index is 2.26. The maximum absolute atomic E-state index is 12.3. The van der Waals surface area contributed by atoms with Crippen LogP contribution in [0.15, 0.2) is 52.8 Å². The second kappa shape index (κ2) is 8.16. The van der Waals surface area contributed by atoms with Crippen molar-refractivity contribution < 1.29 is 23.9 Å². The summed E-state index contributed by atoms with van der Waals surface area (Å²) in [7, 11) is 0. The molecule has 8 heteroatoms. The van der Waals surface area contributed by atoms with E-state index in [1.54, 1.807) is 24.3 Å². The topological polar surface area (TPSA) is 111 Å². The van der Waals surface area contributed by atoms with Crippen LogP contribution < -0.4 is 15.7 Å². The van der Waals surface area contributed by atoms with Crippen LogP contribution >= 0.6 is 11.6 Å². The monoisotopic (exact) mass is 361 g/mol. The number of amides is 2. The molecular weight excluding hydrogens is 348 g/mol. The molecule has 2 amide bonds. The normalized spacial score (nSPS) is 12.3. The van der Waals surface area contributed by atoms with Gasteiger partial charge in [-0.1, -0.05) is 23.7 Å². The molecule has 0 aliphatic heterocycles. The van der Waals surface area contributed by atoms with Gasteiger partial charge < -0.3 is 25.0 Å². The maximum Gasteiger partial charge on any atom is 0.291 e. The Morgan fingerprint density at radius 3 is 2.44 bits per heavy atom. The van der Waals surface area contributed by atoms with E-state index in [1.165, 1.54) is 31.4 Å². The van der Waals surface area contributed by atoms with Crippen LogP contribution in [0.25, 0.3) is 6.08 Å². The lowest BCUT2D eigenvalue weighted by molar-refractivity contribution is -0.307. The van der Waals surface area contributed by atoms with Crippen molar-refractivity contribution in [1.29, 1.82) is 0 Å². The molecule has 0 aliphatic rings. The molecule has 0 unspecified atom stereocenters. The average Bonchev–Trinajstić information content (AvgIpc) is 3.10. The molecule has 2 aromatic rings. The molecule has 0 saturated carbocycles. The van der Waals surface area contributed by atoms with Gasteiger partial charge in [0.25, 0.3) is 11.8 Å². The minimum absolute atomic E-state index is 0.00255. The van der Waals surface area contributed by atoms with Gasteiger partial charge in [-0.3, -0.25) is 9.59 Å². The van der Waals surface area contributed by atoms with Gasteiger partial charge in [0.1, 0.15) is 5.70 Å². The van der Waals surface area contributed by atoms with Crippen molar-refractivity contribution in [1.82, 2.24) is 10.6 Å². The second-order valence-electron chi connectivity index (χ2n) is 5.06. The summed E-state index contributed by atoms with van der Waals surface area (Å²) >= 11 is 5.81. The van der Waals surface area contributed by atoms with Crippen LogP contribution in [-0.2, 0) is 9.59 Å². The molecule has 0 radical (unpaired) electrons. The zero-order chi connectivity index (χ0) is 18.4. The van der Waals surface area contributed by atoms with Crippen molar-refractivity contribution >= 4 is 35.5 Å². The standard InChI is InChI=1S/C17H15ClN2O5/c1-10(17(23)24)19-15(21)13(9-11-4-6-12(18)7-5-11)20-16(22)14-3-2-8-25-14/h2-10H,1H3,(H,19,21)(H,20,22)(H,23,24)/p-1/b13-9+/t10-/m1/s1. The van der Waals surface area contributed by atoms with E-state index in [0.717, 1.165) is 0 Å². The molecule has 0 aliphatic carbocycles. The molecule has 0 fully saturated rings. The Morgan fingerprint density at radius 1 is 1.20 bits per heavy atom. The molecule has 0 spiro atoms. The minimum atomic E-state index is -1.45. The molecule has 2 rings (SSSR count). The van der Waals surface area contributed by atoms with Gasteiger partial charge in [-0.05, 0) is 42.8 Å². The predicted octanol–water partition coefficient (Wildman–Crippen LogP) is 0.959. The summed E-state index contributed by atoms with van der Waals surface area (Å²) in [5.41, 5.74) is 0.423. The van der Waals surface area contributed by atoms with Crippen LogP contribution in [-0.4, -0.2) is 23.8 Å². The lowest BCUT2D eigenvalue weighted by Crippen LogP contribution is -2.48. The fourth-order valence-electron chi connectivity index (χ4n) is 1.81. The molecule has 0 bridgehead atoms. The van der Waals surface area contributed by atoms with Gasteiger partial charge in [0.2, 0.25) is 0 Å². The van der Waals surface area contributed by atoms with E-state index in [4.69, 9.17) is 16.0 Å². The number of halogens is 1. The third-order valence-corrected chi connectivity index (χ3v) is 3.37. The van der Waals surface area contributed by atoms with Crippen molar-refractivity contribution in [3.05, 3.63) is 64.7 Å². The van der Waals surface area contributed by atoms with Crippen molar-refractivity contribution in [3.63, 3.8) is 0 Å². The van der Waals surface area contributed by atoms with Gasteiger partial charge in [0.15, 0.2) is 5.76 Å². The lowest BCUT2D eigenvalue weighted by atomic mass is 10.1. The van der Waals surface area contributed by atoms with Crippen LogP contribution in [0.3, 0.4) is 0 Å². The third kappa shape index (κ3) is 5.22. The Labute approximate surface area is 148 Å². The Hall–Kier alpha value is -3.06. The van der Waals surface area contributed by atoms with Crippen LogP contribution in [0.4, 0.5) is 0 Å². The van der Waals surface area contributed by atoms with E-state index in [1.807, 2.05) is 0 Å². The van der Waals surface area contributed by atoms with Crippen molar-refractivity contribution in [2.24, 2.45) is 0 Å². The average molecular weight is 362 g/mol. The van der Waals surface area contributed by atoms with Gasteiger partial charge in [-0.2, -0.15) is 0 Å². The third-order valence-electron chi connectivity index (χ3n) is 3.12. The Bertz CT molecular complexity index is 797. The first kappa shape index (κ1) is 18.3. The summed E-state index contributed by atoms with van der Waals surface area (Å²) in [6.45, 7) is 1.25. The largest absolute Gasteiger partial charge is 0.548 e. The highest BCUT2D eigenvalue weighted by molar-refractivity contribution is 6.30. The lowest BCUT2D eigenvalue weighted by Gasteiger charge is -2.16. The number of hydrogen-bond donors (Lipinski definition) is 2. The summed E-state index contributed by atoms with van der Waals surface area (Å²) in [5.74, 6) is -2.88. The fourth-order valence-corrected chi connectivity index (χ4v) is 1.94. The van der Waals surface area contributed by atoms with Gasteiger partial charge in [-0.15, -0.1) is 0 Å². The van der Waals surface area contributed by atoms with Crippen molar-refractivity contribution in [2.45, 2.75) is 13.0 Å². The van der Waals surface area contributed by atoms with Gasteiger partial charge >= 0.3 is 0 Å². The number of carbonyl (C=O) groups excluding carboxylic acids is 3. The predicted molar refractivity (Wildman–Crippen MR) is 88.2 cm³/mol. The number of furan rings is 1. The summed E-state index contributed by atoms with van der Waals surface area (Å²) in [5, 5.41) is 15.9. The number of aliphatic carboxylic acids is 1. The molecule has 130 valence electrons. The van der Waals surface area contributed by atoms with Crippen molar-refractivity contribution in [2.75, 3.05) is 0 Å². The first-order chi connectivity index (χ1) is 11.9. The highest BCUT2D eigenvalue weighted by Gasteiger charge is 2.18. The zero-order valence-electron chi connectivity index (χ0n) is 13.1. The molecule has 1 aromatic heterocycles. The smallest absolute Gasteiger partial charge is 0.291 e. The maximum atomic E-state index is 12.3. The molecule has 7 nitrogen and oxygen atoms in total. The molecule has 1 aromatic carbocycles. The molecular formula is C17H14ClN2O5-. The van der Waals surface area contributed by atoms with Crippen LogP contribution in [0.5, 0.6) is 0 Å². The SMILES string of the molecule is C[C@@H](NC(=O)/C(=C\c1ccc(Cl)cc1)NC(=O)c1ccco1)C(=O)[O-]. The number of carbonyl (C=O) groups is 3. The van der Waals surface area contributed by atoms with E-state index < -0.39 is 23.8 Å². The molecule has 25 heavy (non-hydrogen) atoms. The van der Waals surface area contributed by atoms with Gasteiger partial charge in [-0.25, -0.2) is 0 Å². The van der Waals surface area contributed by atoms with E-state index in [-0.39, 0.29) is 11.5 Å². The van der Waals surface area contributed by atoms with Crippen LogP contribution in [0, 0.1) is 0 Å². The number of carboxylic acids is 1. The molecule has 1 atom stereocenters. The van der Waals surface area contributed by atoms with E-state index in [9.17, 15) is 19.5 Å². The van der Waals surface area contributed by atoms with E-state index in [0.29, 0.717) is 10.6 Å². The Kier molecular flexibility index (Phi) is 5.97. The first-order valence-corrected chi connectivity index (χ1v) is 7.58. The van der Waals surface area contributed by atoms with Gasteiger partial charge in [0, 0.05) is 5.02 Å². The van der Waals surface area contributed by atoms with Crippen molar-refractivity contribution in [3.8, 4) is 0 Å². The minimum Gasteiger partial charge on any atom is -0.548 e. The molecule has 0 saturated heterocycles. The fraction of sp³-hybridized carbons (Fsp3) is 0.118.